The van der Waals surface area contributed by atoms with Crippen LogP contribution in [0.5, 0.6) is 5.75 Å². The van der Waals surface area contributed by atoms with E-state index in [1.807, 2.05) is 42.3 Å². The number of fused-ring (bicyclic) bond motifs is 1. The maximum absolute atomic E-state index is 12.3. The molecule has 1 aliphatic heterocycles. The third kappa shape index (κ3) is 3.68. The van der Waals surface area contributed by atoms with E-state index in [2.05, 4.69) is 17.4 Å². The Balaban J connectivity index is 1.49. The van der Waals surface area contributed by atoms with Crippen molar-refractivity contribution in [2.24, 2.45) is 0 Å². The molecular weight excluding hydrogens is 304 g/mol. The molecular formula is C19H24N2O3. The van der Waals surface area contributed by atoms with Gasteiger partial charge in [-0.25, -0.2) is 0 Å². The molecule has 1 aliphatic rings. The molecule has 0 saturated carbocycles. The molecule has 1 amide bonds. The van der Waals surface area contributed by atoms with Crippen molar-refractivity contribution in [3.05, 3.63) is 42.5 Å². The average Bonchev–Trinajstić information content (AvgIpc) is 2.99. The minimum atomic E-state index is -0.118. The number of hydrogen-bond donors (Lipinski definition) is 1. The van der Waals surface area contributed by atoms with Crippen molar-refractivity contribution in [2.45, 2.75) is 18.6 Å². The normalized spacial score (nSPS) is 21.1. The van der Waals surface area contributed by atoms with E-state index in [9.17, 15) is 4.79 Å². The Labute approximate surface area is 142 Å². The summed E-state index contributed by atoms with van der Waals surface area (Å²) in [5.41, 5.74) is 0. The summed E-state index contributed by atoms with van der Waals surface area (Å²) in [7, 11) is 3.65. The lowest BCUT2D eigenvalue weighted by atomic mass is 10.1. The van der Waals surface area contributed by atoms with Gasteiger partial charge in [0.25, 0.3) is 0 Å². The zero-order valence-electron chi connectivity index (χ0n) is 14.2. The van der Waals surface area contributed by atoms with Crippen LogP contribution in [0.1, 0.15) is 6.42 Å². The Hall–Kier alpha value is -2.11. The third-order valence-electron chi connectivity index (χ3n) is 4.55. The van der Waals surface area contributed by atoms with E-state index < -0.39 is 0 Å². The maximum atomic E-state index is 12.3. The van der Waals surface area contributed by atoms with E-state index in [1.54, 1.807) is 7.11 Å². The molecule has 2 aromatic carbocycles. The van der Waals surface area contributed by atoms with Crippen LogP contribution in [-0.4, -0.2) is 56.8 Å². The van der Waals surface area contributed by atoms with Gasteiger partial charge in [0.1, 0.15) is 12.4 Å². The van der Waals surface area contributed by atoms with Crippen LogP contribution in [0.2, 0.25) is 0 Å². The second-order valence-electron chi connectivity index (χ2n) is 6.17. The van der Waals surface area contributed by atoms with E-state index in [0.717, 1.165) is 29.5 Å². The molecule has 0 spiro atoms. The predicted octanol–water partition coefficient (Wildman–Crippen LogP) is 2.05. The molecule has 0 aliphatic carbocycles. The Morgan fingerprint density at radius 2 is 2.04 bits per heavy atom. The molecule has 0 unspecified atom stereocenters. The summed E-state index contributed by atoms with van der Waals surface area (Å²) in [5.74, 6) is 0.887. The molecule has 1 N–H and O–H groups in total. The maximum Gasteiger partial charge on any atom is 0.237 e. The number of nitrogens with zero attached hydrogens (tertiary/aromatic N) is 1. The third-order valence-corrected chi connectivity index (χ3v) is 4.55. The van der Waals surface area contributed by atoms with Crippen LogP contribution in [0, 0.1) is 0 Å². The van der Waals surface area contributed by atoms with Crippen molar-refractivity contribution in [2.75, 3.05) is 33.9 Å². The summed E-state index contributed by atoms with van der Waals surface area (Å²) in [4.78, 5) is 14.3. The fourth-order valence-corrected chi connectivity index (χ4v) is 3.20. The second kappa shape index (κ2) is 7.64. The largest absolute Gasteiger partial charge is 0.491 e. The van der Waals surface area contributed by atoms with Crippen molar-refractivity contribution >= 4 is 16.7 Å². The fraction of sp³-hybridized carbons (Fsp3) is 0.421. The van der Waals surface area contributed by atoms with Gasteiger partial charge < -0.3 is 14.8 Å². The van der Waals surface area contributed by atoms with Crippen LogP contribution < -0.4 is 10.1 Å². The van der Waals surface area contributed by atoms with Crippen LogP contribution in [-0.2, 0) is 9.53 Å². The van der Waals surface area contributed by atoms with Gasteiger partial charge >= 0.3 is 0 Å². The molecule has 0 radical (unpaired) electrons. The SMILES string of the molecule is CO[C@H]1C[C@@H](C(=O)NCCOc2cccc3ccccc23)N(C)C1. The zero-order chi connectivity index (χ0) is 16.9. The van der Waals surface area contributed by atoms with Gasteiger partial charge in [0, 0.05) is 19.0 Å². The summed E-state index contributed by atoms with van der Waals surface area (Å²) in [6, 6.07) is 14.0. The molecule has 1 saturated heterocycles. The number of amides is 1. The molecule has 1 heterocycles. The van der Waals surface area contributed by atoms with E-state index in [-0.39, 0.29) is 18.1 Å². The summed E-state index contributed by atoms with van der Waals surface area (Å²) in [6.07, 6.45) is 0.876. The first-order valence-corrected chi connectivity index (χ1v) is 8.30. The predicted molar refractivity (Wildman–Crippen MR) is 94.3 cm³/mol. The molecule has 128 valence electrons. The van der Waals surface area contributed by atoms with Gasteiger partial charge in [-0.05, 0) is 24.9 Å². The monoisotopic (exact) mass is 328 g/mol. The number of carbonyl (C=O) groups excluding carboxylic acids is 1. The lowest BCUT2D eigenvalue weighted by Crippen LogP contribution is -2.42. The molecule has 5 heteroatoms. The number of likely N-dealkylation sites (tertiary alicyclic amines) is 1. The van der Waals surface area contributed by atoms with Gasteiger partial charge in [-0.3, -0.25) is 9.69 Å². The zero-order valence-corrected chi connectivity index (χ0v) is 14.2. The first-order valence-electron chi connectivity index (χ1n) is 8.30. The van der Waals surface area contributed by atoms with Crippen molar-refractivity contribution in [1.29, 1.82) is 0 Å². The summed E-state index contributed by atoms with van der Waals surface area (Å²) in [5, 5.41) is 5.19. The molecule has 2 atom stereocenters. The Kier molecular flexibility index (Phi) is 5.33. The molecule has 0 bridgehead atoms. The molecule has 5 nitrogen and oxygen atoms in total. The highest BCUT2D eigenvalue weighted by atomic mass is 16.5. The number of methoxy groups -OCH3 is 1. The summed E-state index contributed by atoms with van der Waals surface area (Å²) >= 11 is 0. The summed E-state index contributed by atoms with van der Waals surface area (Å²) in [6.45, 7) is 1.73. The number of rotatable bonds is 6. The molecule has 2 aromatic rings. The van der Waals surface area contributed by atoms with Crippen LogP contribution >= 0.6 is 0 Å². The highest BCUT2D eigenvalue weighted by Gasteiger charge is 2.34. The molecule has 1 fully saturated rings. The van der Waals surface area contributed by atoms with E-state index >= 15 is 0 Å². The Morgan fingerprint density at radius 3 is 2.83 bits per heavy atom. The van der Waals surface area contributed by atoms with E-state index in [1.165, 1.54) is 0 Å². The first-order chi connectivity index (χ1) is 11.7. The van der Waals surface area contributed by atoms with Gasteiger partial charge in [-0.2, -0.15) is 0 Å². The minimum Gasteiger partial charge on any atom is -0.491 e. The molecule has 24 heavy (non-hydrogen) atoms. The highest BCUT2D eigenvalue weighted by Crippen LogP contribution is 2.25. The van der Waals surface area contributed by atoms with Gasteiger partial charge in [-0.15, -0.1) is 0 Å². The van der Waals surface area contributed by atoms with E-state index in [0.29, 0.717) is 13.2 Å². The topological polar surface area (TPSA) is 50.8 Å². The van der Waals surface area contributed by atoms with E-state index in [4.69, 9.17) is 9.47 Å². The van der Waals surface area contributed by atoms with Crippen LogP contribution in [0.3, 0.4) is 0 Å². The highest BCUT2D eigenvalue weighted by molar-refractivity contribution is 5.88. The lowest BCUT2D eigenvalue weighted by molar-refractivity contribution is -0.125. The Bertz CT molecular complexity index is 699. The molecule has 0 aromatic heterocycles. The number of benzene rings is 2. The number of hydrogen-bond acceptors (Lipinski definition) is 4. The fourth-order valence-electron chi connectivity index (χ4n) is 3.20. The van der Waals surface area contributed by atoms with Crippen LogP contribution in [0.25, 0.3) is 10.8 Å². The van der Waals surface area contributed by atoms with Gasteiger partial charge in [0.15, 0.2) is 0 Å². The van der Waals surface area contributed by atoms with Gasteiger partial charge in [-0.1, -0.05) is 36.4 Å². The van der Waals surface area contributed by atoms with Gasteiger partial charge in [0.05, 0.1) is 18.7 Å². The minimum absolute atomic E-state index is 0.0403. The second-order valence-corrected chi connectivity index (χ2v) is 6.17. The van der Waals surface area contributed by atoms with Crippen molar-refractivity contribution in [1.82, 2.24) is 10.2 Å². The lowest BCUT2D eigenvalue weighted by Gasteiger charge is -2.18. The quantitative estimate of drug-likeness (QED) is 0.825. The molecule has 3 rings (SSSR count). The number of nitrogens with one attached hydrogen (secondary N) is 1. The first kappa shape index (κ1) is 16.7. The average molecular weight is 328 g/mol. The van der Waals surface area contributed by atoms with Crippen LogP contribution in [0.4, 0.5) is 0 Å². The van der Waals surface area contributed by atoms with Gasteiger partial charge in [0.2, 0.25) is 5.91 Å². The standard InChI is InChI=1S/C19H24N2O3/c1-21-13-15(23-2)12-17(21)19(22)20-10-11-24-18-9-5-7-14-6-3-4-8-16(14)18/h3-9,15,17H,10-13H2,1-2H3,(H,20,22)/t15-,17-/m0/s1. The van der Waals surface area contributed by atoms with Crippen molar-refractivity contribution in [3.63, 3.8) is 0 Å². The number of likely N-dealkylation sites (N-methyl/N-ethyl adjacent to an activating group) is 1. The number of ether oxygens (including phenoxy) is 2. The van der Waals surface area contributed by atoms with Crippen molar-refractivity contribution < 1.29 is 14.3 Å². The Morgan fingerprint density at radius 1 is 1.25 bits per heavy atom. The smallest absolute Gasteiger partial charge is 0.237 e. The number of carbonyl (C=O) groups is 1. The summed E-state index contributed by atoms with van der Waals surface area (Å²) < 4.78 is 11.2. The van der Waals surface area contributed by atoms with Crippen molar-refractivity contribution in [3.8, 4) is 5.75 Å². The van der Waals surface area contributed by atoms with Crippen LogP contribution in [0.15, 0.2) is 42.5 Å².